The van der Waals surface area contributed by atoms with Crippen molar-refractivity contribution in [1.29, 1.82) is 0 Å². The Balaban J connectivity index is 1.67. The number of nitrogens with two attached hydrogens (primary N) is 1. The first-order valence-electron chi connectivity index (χ1n) is 8.24. The predicted molar refractivity (Wildman–Crippen MR) is 90.4 cm³/mol. The number of nitrogens with zero attached hydrogens (tertiary/aromatic N) is 2. The molecule has 3 aliphatic heterocycles. The maximum atomic E-state index is 6.71. The predicted octanol–water partition coefficient (Wildman–Crippen LogP) is 3.13. The fraction of sp³-hybridized carbons (Fsp3) is 0.421. The molecule has 3 aliphatic rings. The largest absolute Gasteiger partial charge is 0.323 e. The molecule has 114 valence electrons. The van der Waals surface area contributed by atoms with Crippen molar-refractivity contribution in [1.82, 2.24) is 9.88 Å². The van der Waals surface area contributed by atoms with E-state index in [9.17, 15) is 0 Å². The van der Waals surface area contributed by atoms with Crippen molar-refractivity contribution in [3.8, 4) is 0 Å². The Labute approximate surface area is 131 Å². The van der Waals surface area contributed by atoms with Crippen LogP contribution in [0.15, 0.2) is 49.2 Å². The second-order valence-corrected chi connectivity index (χ2v) is 6.69. The maximum Gasteiger partial charge on any atom is 0.0705 e. The smallest absolute Gasteiger partial charge is 0.0705 e. The number of para-hydroxylation sites is 1. The average molecular weight is 293 g/mol. The van der Waals surface area contributed by atoms with Crippen LogP contribution in [-0.4, -0.2) is 29.0 Å². The van der Waals surface area contributed by atoms with E-state index in [1.165, 1.54) is 30.3 Å². The molecule has 2 N–H and O–H groups in total. The van der Waals surface area contributed by atoms with Crippen LogP contribution in [0.4, 0.5) is 0 Å². The number of fused-ring (bicyclic) bond motifs is 4. The molecule has 0 aliphatic carbocycles. The summed E-state index contributed by atoms with van der Waals surface area (Å²) in [4.78, 5) is 7.04. The molecule has 0 radical (unpaired) electrons. The molecular formula is C19H23N3. The van der Waals surface area contributed by atoms with Crippen LogP contribution in [0.25, 0.3) is 10.9 Å². The lowest BCUT2D eigenvalue weighted by atomic mass is 9.73. The topological polar surface area (TPSA) is 42.1 Å². The van der Waals surface area contributed by atoms with Crippen molar-refractivity contribution in [3.63, 3.8) is 0 Å². The van der Waals surface area contributed by atoms with Crippen LogP contribution in [0, 0.1) is 11.8 Å². The van der Waals surface area contributed by atoms with Gasteiger partial charge in [-0.25, -0.2) is 0 Å². The number of pyridine rings is 1. The molecule has 3 fully saturated rings. The third kappa shape index (κ3) is 2.16. The van der Waals surface area contributed by atoms with Crippen molar-refractivity contribution < 1.29 is 0 Å². The highest BCUT2D eigenvalue weighted by molar-refractivity contribution is 5.82. The maximum absolute atomic E-state index is 6.71. The zero-order valence-corrected chi connectivity index (χ0v) is 12.9. The summed E-state index contributed by atoms with van der Waals surface area (Å²) in [6.07, 6.45) is 6.51. The van der Waals surface area contributed by atoms with E-state index in [2.05, 4.69) is 46.8 Å². The van der Waals surface area contributed by atoms with Gasteiger partial charge in [0.2, 0.25) is 0 Å². The fourth-order valence-corrected chi connectivity index (χ4v) is 4.37. The van der Waals surface area contributed by atoms with E-state index in [1.54, 1.807) is 0 Å². The van der Waals surface area contributed by atoms with Crippen LogP contribution >= 0.6 is 0 Å². The molecule has 1 aromatic carbocycles. The molecule has 22 heavy (non-hydrogen) atoms. The second-order valence-electron chi connectivity index (χ2n) is 6.69. The van der Waals surface area contributed by atoms with Gasteiger partial charge in [-0.1, -0.05) is 24.3 Å². The molecule has 2 bridgehead atoms. The SMILES string of the molecule is C=C[C@@H]1CN2CC[C@H]1C[C@H]2[C@@H](N)c1ccnc2ccccc12. The zero-order valence-electron chi connectivity index (χ0n) is 12.9. The number of piperidine rings is 3. The summed E-state index contributed by atoms with van der Waals surface area (Å²) < 4.78 is 0. The Hall–Kier alpha value is -1.71. The van der Waals surface area contributed by atoms with Gasteiger partial charge in [0.05, 0.1) is 5.52 Å². The summed E-state index contributed by atoms with van der Waals surface area (Å²) >= 11 is 0. The van der Waals surface area contributed by atoms with Crippen LogP contribution in [-0.2, 0) is 0 Å². The van der Waals surface area contributed by atoms with E-state index in [1.807, 2.05) is 12.3 Å². The Kier molecular flexibility index (Phi) is 3.47. The molecule has 3 heteroatoms. The second kappa shape index (κ2) is 5.49. The molecule has 1 unspecified atom stereocenters. The number of rotatable bonds is 3. The molecule has 5 rings (SSSR count). The lowest BCUT2D eigenvalue weighted by Gasteiger charge is -2.51. The van der Waals surface area contributed by atoms with Crippen LogP contribution in [0.1, 0.15) is 24.4 Å². The lowest BCUT2D eigenvalue weighted by Crippen LogP contribution is -2.56. The zero-order chi connectivity index (χ0) is 15.1. The summed E-state index contributed by atoms with van der Waals surface area (Å²) in [7, 11) is 0. The van der Waals surface area contributed by atoms with Crippen molar-refractivity contribution in [2.45, 2.75) is 24.9 Å². The van der Waals surface area contributed by atoms with Gasteiger partial charge in [-0.3, -0.25) is 9.88 Å². The van der Waals surface area contributed by atoms with E-state index in [-0.39, 0.29) is 6.04 Å². The molecule has 3 saturated heterocycles. The Morgan fingerprint density at radius 1 is 1.32 bits per heavy atom. The molecule has 3 nitrogen and oxygen atoms in total. The standard InChI is InChI=1S/C19H23N3/c1-2-13-12-22-10-8-14(13)11-18(22)19(20)16-7-9-21-17-6-4-3-5-15(16)17/h2-7,9,13-14,18-19H,1,8,10-12,20H2/t13-,14+,18+,19+/m1/s1. The average Bonchev–Trinajstić information content (AvgIpc) is 2.60. The van der Waals surface area contributed by atoms with E-state index in [0.29, 0.717) is 12.0 Å². The van der Waals surface area contributed by atoms with Gasteiger partial charge in [0.1, 0.15) is 0 Å². The first kappa shape index (κ1) is 13.9. The summed E-state index contributed by atoms with van der Waals surface area (Å²) in [5.41, 5.74) is 8.99. The minimum Gasteiger partial charge on any atom is -0.323 e. The quantitative estimate of drug-likeness (QED) is 0.884. The number of hydrogen-bond donors (Lipinski definition) is 1. The molecule has 0 spiro atoms. The highest BCUT2D eigenvalue weighted by Crippen LogP contribution is 2.41. The van der Waals surface area contributed by atoms with Gasteiger partial charge in [0.25, 0.3) is 0 Å². The molecule has 2 aromatic rings. The van der Waals surface area contributed by atoms with Gasteiger partial charge >= 0.3 is 0 Å². The normalized spacial score (nSPS) is 32.0. The van der Waals surface area contributed by atoms with Gasteiger partial charge in [-0.05, 0) is 48.9 Å². The minimum atomic E-state index is 0.0569. The Bertz CT molecular complexity index is 691. The first-order valence-corrected chi connectivity index (χ1v) is 8.24. The molecule has 0 amide bonds. The summed E-state index contributed by atoms with van der Waals surface area (Å²) in [6.45, 7) is 6.30. The first-order chi connectivity index (χ1) is 10.8. The van der Waals surface area contributed by atoms with Gasteiger partial charge in [-0.2, -0.15) is 0 Å². The monoisotopic (exact) mass is 293 g/mol. The number of aromatic nitrogens is 1. The molecule has 1 aromatic heterocycles. The van der Waals surface area contributed by atoms with Crippen molar-refractivity contribution in [2.75, 3.05) is 13.1 Å². The highest BCUT2D eigenvalue weighted by Gasteiger charge is 2.41. The minimum absolute atomic E-state index is 0.0569. The van der Waals surface area contributed by atoms with Crippen LogP contribution in [0.3, 0.4) is 0 Å². The molecule has 4 heterocycles. The number of benzene rings is 1. The van der Waals surface area contributed by atoms with E-state index in [0.717, 1.165) is 18.0 Å². The molecule has 0 saturated carbocycles. The molecular weight excluding hydrogens is 270 g/mol. The number of hydrogen-bond acceptors (Lipinski definition) is 3. The van der Waals surface area contributed by atoms with E-state index >= 15 is 0 Å². The van der Waals surface area contributed by atoms with Crippen molar-refractivity contribution >= 4 is 10.9 Å². The summed E-state index contributed by atoms with van der Waals surface area (Å²) in [6, 6.07) is 10.9. The van der Waals surface area contributed by atoms with Crippen molar-refractivity contribution in [3.05, 3.63) is 54.7 Å². The summed E-state index contributed by atoms with van der Waals surface area (Å²) in [5, 5.41) is 1.19. The van der Waals surface area contributed by atoms with E-state index in [4.69, 9.17) is 5.73 Å². The Morgan fingerprint density at radius 2 is 2.18 bits per heavy atom. The lowest BCUT2D eigenvalue weighted by molar-refractivity contribution is 0.00749. The third-order valence-corrected chi connectivity index (χ3v) is 5.61. The van der Waals surface area contributed by atoms with Crippen LogP contribution in [0.2, 0.25) is 0 Å². The highest BCUT2D eigenvalue weighted by atomic mass is 15.2. The fourth-order valence-electron chi connectivity index (χ4n) is 4.37. The van der Waals surface area contributed by atoms with Gasteiger partial charge in [0, 0.05) is 30.2 Å². The summed E-state index contributed by atoms with van der Waals surface area (Å²) in [5.74, 6) is 1.40. The molecule has 5 atom stereocenters. The van der Waals surface area contributed by atoms with Crippen LogP contribution in [0.5, 0.6) is 0 Å². The van der Waals surface area contributed by atoms with Gasteiger partial charge in [-0.15, -0.1) is 6.58 Å². The Morgan fingerprint density at radius 3 is 2.95 bits per heavy atom. The third-order valence-electron chi connectivity index (χ3n) is 5.61. The van der Waals surface area contributed by atoms with Gasteiger partial charge in [0.15, 0.2) is 0 Å². The van der Waals surface area contributed by atoms with Crippen LogP contribution < -0.4 is 5.73 Å². The van der Waals surface area contributed by atoms with Gasteiger partial charge < -0.3 is 5.73 Å². The van der Waals surface area contributed by atoms with Crippen molar-refractivity contribution in [2.24, 2.45) is 17.6 Å². The van der Waals surface area contributed by atoms with E-state index < -0.39 is 0 Å².